The third-order valence-electron chi connectivity index (χ3n) is 4.11. The molecule has 0 heterocycles. The Hall–Kier alpha value is -2.01. The minimum absolute atomic E-state index is 0.217. The summed E-state index contributed by atoms with van der Waals surface area (Å²) in [5, 5.41) is 2.71. The summed E-state index contributed by atoms with van der Waals surface area (Å²) in [5.74, 6) is 0.102. The lowest BCUT2D eigenvalue weighted by molar-refractivity contribution is 0.248. The van der Waals surface area contributed by atoms with Gasteiger partial charge in [0.1, 0.15) is 5.82 Å². The summed E-state index contributed by atoms with van der Waals surface area (Å²) in [6.07, 6.45) is 3.20. The van der Waals surface area contributed by atoms with Crippen molar-refractivity contribution in [2.45, 2.75) is 35.0 Å². The number of aryl methyl sites for hydroxylation is 1. The van der Waals surface area contributed by atoms with Gasteiger partial charge in [0.15, 0.2) is 0 Å². The summed E-state index contributed by atoms with van der Waals surface area (Å²) < 4.78 is 13.3. The summed E-state index contributed by atoms with van der Waals surface area (Å²) in [6, 6.07) is 12.5. The van der Waals surface area contributed by atoms with Crippen LogP contribution in [0.15, 0.2) is 52.3 Å². The van der Waals surface area contributed by atoms with Gasteiger partial charge in [0.25, 0.3) is 0 Å². The van der Waals surface area contributed by atoms with Crippen LogP contribution in [-0.2, 0) is 6.42 Å². The molecule has 2 aromatic rings. The van der Waals surface area contributed by atoms with Crippen molar-refractivity contribution in [3.05, 3.63) is 59.4 Å². The lowest BCUT2D eigenvalue weighted by Crippen LogP contribution is -2.33. The molecule has 0 saturated heterocycles. The maximum absolute atomic E-state index is 13.3. The molecule has 2 amide bonds. The molecule has 1 aliphatic carbocycles. The molecule has 0 bridgehead atoms. The second kappa shape index (κ2) is 7.04. The molecule has 0 spiro atoms. The van der Waals surface area contributed by atoms with Gasteiger partial charge in [0.05, 0.1) is 0 Å². The molecule has 2 aromatic carbocycles. The molecule has 1 aliphatic rings. The summed E-state index contributed by atoms with van der Waals surface area (Å²) in [5.41, 5.74) is 7.77. The van der Waals surface area contributed by atoms with Crippen LogP contribution in [-0.4, -0.2) is 12.6 Å². The number of urea groups is 1. The highest BCUT2D eigenvalue weighted by molar-refractivity contribution is 7.99. The first-order valence-electron chi connectivity index (χ1n) is 7.71. The normalized spacial score (nSPS) is 16.7. The van der Waals surface area contributed by atoms with Crippen LogP contribution in [0.1, 0.15) is 29.9 Å². The molecular weight excluding hydrogens is 311 g/mol. The quantitative estimate of drug-likeness (QED) is 0.888. The van der Waals surface area contributed by atoms with Gasteiger partial charge in [-0.1, -0.05) is 23.9 Å². The molecule has 3 rings (SSSR count). The van der Waals surface area contributed by atoms with Gasteiger partial charge in [0, 0.05) is 22.3 Å². The zero-order valence-electron chi connectivity index (χ0n) is 12.7. The standard InChI is InChI=1S/C18H19FN2OS/c19-14-5-2-6-15(10-14)23-16-7-8-17-12(9-16)3-1-4-13(17)11-21-18(20)22/h2,5-10,13H,1,3-4,11H2,(H3,20,21,22)/t13-/m0/s1. The number of benzene rings is 2. The number of carbonyl (C=O) groups excluding carboxylic acids is 1. The molecule has 0 saturated carbocycles. The average Bonchev–Trinajstić information content (AvgIpc) is 2.52. The molecule has 0 radical (unpaired) electrons. The van der Waals surface area contributed by atoms with E-state index in [2.05, 4.69) is 23.5 Å². The van der Waals surface area contributed by atoms with Gasteiger partial charge < -0.3 is 11.1 Å². The van der Waals surface area contributed by atoms with Crippen LogP contribution >= 0.6 is 11.8 Å². The molecule has 0 fully saturated rings. The lowest BCUT2D eigenvalue weighted by atomic mass is 9.83. The van der Waals surface area contributed by atoms with Crippen LogP contribution in [0.4, 0.5) is 9.18 Å². The molecule has 5 heteroatoms. The fraction of sp³-hybridized carbons (Fsp3) is 0.278. The second-order valence-electron chi connectivity index (χ2n) is 5.75. The summed E-state index contributed by atoms with van der Waals surface area (Å²) in [6.45, 7) is 0.582. The van der Waals surface area contributed by atoms with E-state index >= 15 is 0 Å². The van der Waals surface area contributed by atoms with Crippen molar-refractivity contribution in [2.24, 2.45) is 5.73 Å². The molecule has 23 heavy (non-hydrogen) atoms. The van der Waals surface area contributed by atoms with Crippen molar-refractivity contribution in [1.29, 1.82) is 0 Å². The van der Waals surface area contributed by atoms with E-state index in [-0.39, 0.29) is 5.82 Å². The summed E-state index contributed by atoms with van der Waals surface area (Å²) >= 11 is 1.56. The molecule has 0 aliphatic heterocycles. The summed E-state index contributed by atoms with van der Waals surface area (Å²) in [7, 11) is 0. The van der Waals surface area contributed by atoms with Crippen LogP contribution < -0.4 is 11.1 Å². The van der Waals surface area contributed by atoms with Crippen molar-refractivity contribution < 1.29 is 9.18 Å². The number of hydrogen-bond acceptors (Lipinski definition) is 2. The van der Waals surface area contributed by atoms with Crippen molar-refractivity contribution in [3.8, 4) is 0 Å². The number of rotatable bonds is 4. The number of halogens is 1. The Labute approximate surface area is 139 Å². The van der Waals surface area contributed by atoms with E-state index in [1.54, 1.807) is 23.9 Å². The maximum Gasteiger partial charge on any atom is 0.312 e. The molecule has 1 atom stereocenters. The van der Waals surface area contributed by atoms with Crippen LogP contribution in [0.25, 0.3) is 0 Å². The van der Waals surface area contributed by atoms with E-state index in [4.69, 9.17) is 5.73 Å². The number of carbonyl (C=O) groups is 1. The van der Waals surface area contributed by atoms with Crippen LogP contribution in [0, 0.1) is 5.82 Å². The molecule has 3 N–H and O–H groups in total. The Balaban J connectivity index is 1.77. The Morgan fingerprint density at radius 3 is 2.87 bits per heavy atom. The number of hydrogen-bond donors (Lipinski definition) is 2. The zero-order valence-corrected chi connectivity index (χ0v) is 13.5. The van der Waals surface area contributed by atoms with Gasteiger partial charge in [-0.05, 0) is 60.7 Å². The van der Waals surface area contributed by atoms with Crippen LogP contribution in [0.3, 0.4) is 0 Å². The van der Waals surface area contributed by atoms with Gasteiger partial charge in [0.2, 0.25) is 0 Å². The van der Waals surface area contributed by atoms with E-state index in [1.807, 2.05) is 6.07 Å². The van der Waals surface area contributed by atoms with Crippen LogP contribution in [0.5, 0.6) is 0 Å². The van der Waals surface area contributed by atoms with Crippen molar-refractivity contribution in [2.75, 3.05) is 6.54 Å². The van der Waals surface area contributed by atoms with Crippen LogP contribution in [0.2, 0.25) is 0 Å². The van der Waals surface area contributed by atoms with Crippen molar-refractivity contribution >= 4 is 17.8 Å². The number of fused-ring (bicyclic) bond motifs is 1. The number of nitrogens with one attached hydrogen (secondary N) is 1. The van der Waals surface area contributed by atoms with Crippen molar-refractivity contribution in [3.63, 3.8) is 0 Å². The van der Waals surface area contributed by atoms with Gasteiger partial charge >= 0.3 is 6.03 Å². The fourth-order valence-electron chi connectivity index (χ4n) is 3.06. The molecule has 0 aromatic heterocycles. The third-order valence-corrected chi connectivity index (χ3v) is 5.09. The largest absolute Gasteiger partial charge is 0.352 e. The Kier molecular flexibility index (Phi) is 4.86. The first-order valence-corrected chi connectivity index (χ1v) is 8.53. The fourth-order valence-corrected chi connectivity index (χ4v) is 3.98. The summed E-state index contributed by atoms with van der Waals surface area (Å²) in [4.78, 5) is 12.9. The lowest BCUT2D eigenvalue weighted by Gasteiger charge is -2.26. The highest BCUT2D eigenvalue weighted by atomic mass is 32.2. The van der Waals surface area contributed by atoms with Gasteiger partial charge in [-0.25, -0.2) is 9.18 Å². The minimum Gasteiger partial charge on any atom is -0.352 e. The van der Waals surface area contributed by atoms with Gasteiger partial charge in [-0.15, -0.1) is 0 Å². The minimum atomic E-state index is -0.476. The highest BCUT2D eigenvalue weighted by Crippen LogP contribution is 2.35. The van der Waals surface area contributed by atoms with E-state index in [0.29, 0.717) is 12.5 Å². The zero-order chi connectivity index (χ0) is 16.2. The molecule has 120 valence electrons. The average molecular weight is 330 g/mol. The predicted molar refractivity (Wildman–Crippen MR) is 90.2 cm³/mol. The highest BCUT2D eigenvalue weighted by Gasteiger charge is 2.20. The number of nitrogens with two attached hydrogens (primary N) is 1. The van der Waals surface area contributed by atoms with E-state index in [9.17, 15) is 9.18 Å². The molecule has 3 nitrogen and oxygen atoms in total. The number of primary amides is 1. The predicted octanol–water partition coefficient (Wildman–Crippen LogP) is 4.07. The van der Waals surface area contributed by atoms with Gasteiger partial charge in [-0.2, -0.15) is 0 Å². The smallest absolute Gasteiger partial charge is 0.312 e. The Bertz CT molecular complexity index is 720. The third kappa shape index (κ3) is 4.05. The van der Waals surface area contributed by atoms with Crippen molar-refractivity contribution in [1.82, 2.24) is 5.32 Å². The Morgan fingerprint density at radius 1 is 1.26 bits per heavy atom. The Morgan fingerprint density at radius 2 is 2.09 bits per heavy atom. The topological polar surface area (TPSA) is 55.1 Å². The monoisotopic (exact) mass is 330 g/mol. The van der Waals surface area contributed by atoms with E-state index in [0.717, 1.165) is 29.1 Å². The first-order chi connectivity index (χ1) is 11.1. The van der Waals surface area contributed by atoms with Gasteiger partial charge in [-0.3, -0.25) is 0 Å². The SMILES string of the molecule is NC(=O)NC[C@@H]1CCCc2cc(Sc3cccc(F)c3)ccc21. The van der Waals surface area contributed by atoms with E-state index < -0.39 is 6.03 Å². The van der Waals surface area contributed by atoms with E-state index in [1.165, 1.54) is 17.2 Å². The number of amides is 2. The molecule has 0 unspecified atom stereocenters. The first kappa shape index (κ1) is 15.9. The maximum atomic E-state index is 13.3. The second-order valence-corrected chi connectivity index (χ2v) is 6.90. The molecular formula is C18H19FN2OS.